The molecule has 1 saturated heterocycles. The highest BCUT2D eigenvalue weighted by Crippen LogP contribution is 2.21. The average molecular weight is 309 g/mol. The van der Waals surface area contributed by atoms with Crippen LogP contribution in [0.3, 0.4) is 0 Å². The number of hydrogen-bond acceptors (Lipinski definition) is 6. The molecule has 1 atom stereocenters. The van der Waals surface area contributed by atoms with Crippen molar-refractivity contribution in [3.8, 4) is 10.8 Å². The molecule has 3 rings (SSSR count). The lowest BCUT2D eigenvalue weighted by Crippen LogP contribution is -2.48. The molecule has 1 amide bonds. The van der Waals surface area contributed by atoms with Crippen LogP contribution in [0.15, 0.2) is 26.7 Å². The second kappa shape index (κ2) is 5.82. The van der Waals surface area contributed by atoms with Crippen LogP contribution in [-0.2, 0) is 16.1 Å². The van der Waals surface area contributed by atoms with E-state index in [-0.39, 0.29) is 24.4 Å². The van der Waals surface area contributed by atoms with Gasteiger partial charge in [-0.2, -0.15) is 4.68 Å². The van der Waals surface area contributed by atoms with Crippen molar-refractivity contribution in [1.29, 1.82) is 0 Å². The third-order valence-corrected chi connectivity index (χ3v) is 4.17. The second-order valence-electron chi connectivity index (χ2n) is 4.82. The molecular formula is C13H15N3O4S. The van der Waals surface area contributed by atoms with Gasteiger partial charge in [0.05, 0.1) is 24.1 Å². The van der Waals surface area contributed by atoms with Crippen molar-refractivity contribution < 1.29 is 13.9 Å². The summed E-state index contributed by atoms with van der Waals surface area (Å²) in [6, 6.07) is 3.66. The van der Waals surface area contributed by atoms with E-state index in [4.69, 9.17) is 9.15 Å². The van der Waals surface area contributed by atoms with Crippen molar-refractivity contribution in [2.45, 2.75) is 19.5 Å². The van der Waals surface area contributed by atoms with E-state index >= 15 is 0 Å². The number of morpholine rings is 1. The van der Waals surface area contributed by atoms with Gasteiger partial charge < -0.3 is 14.1 Å². The third-order valence-electron chi connectivity index (χ3n) is 3.31. The fraction of sp³-hybridized carbons (Fsp3) is 0.462. The first kappa shape index (κ1) is 14.0. The molecule has 3 heterocycles. The van der Waals surface area contributed by atoms with Crippen molar-refractivity contribution >= 4 is 17.2 Å². The molecule has 1 aliphatic rings. The molecule has 0 bridgehead atoms. The van der Waals surface area contributed by atoms with Crippen molar-refractivity contribution in [2.75, 3.05) is 19.8 Å². The Morgan fingerprint density at radius 2 is 2.43 bits per heavy atom. The summed E-state index contributed by atoms with van der Waals surface area (Å²) in [6.45, 7) is 3.37. The fourth-order valence-corrected chi connectivity index (χ4v) is 2.87. The minimum Gasteiger partial charge on any atom is -0.387 e. The number of carbonyl (C=O) groups is 1. The molecular weight excluding hydrogens is 294 g/mol. The summed E-state index contributed by atoms with van der Waals surface area (Å²) in [6.07, 6.45) is 0. The Kier molecular flexibility index (Phi) is 3.89. The number of thiophene rings is 1. The van der Waals surface area contributed by atoms with E-state index in [0.717, 1.165) is 9.56 Å². The molecule has 1 fully saturated rings. The van der Waals surface area contributed by atoms with E-state index in [1.807, 2.05) is 24.4 Å². The summed E-state index contributed by atoms with van der Waals surface area (Å²) >= 11 is 1.43. The number of hydrogen-bond donors (Lipinski definition) is 0. The quantitative estimate of drug-likeness (QED) is 0.838. The second-order valence-corrected chi connectivity index (χ2v) is 5.77. The van der Waals surface area contributed by atoms with Crippen molar-refractivity contribution in [3.63, 3.8) is 0 Å². The highest BCUT2D eigenvalue weighted by Gasteiger charge is 2.25. The smallest absolute Gasteiger partial charge is 0.387 e. The minimum absolute atomic E-state index is 0.00520. The van der Waals surface area contributed by atoms with E-state index < -0.39 is 5.76 Å². The molecule has 21 heavy (non-hydrogen) atoms. The van der Waals surface area contributed by atoms with Crippen LogP contribution >= 0.6 is 11.3 Å². The van der Waals surface area contributed by atoms with Gasteiger partial charge in [0.1, 0.15) is 6.54 Å². The Hall–Kier alpha value is -1.93. The lowest BCUT2D eigenvalue weighted by molar-refractivity contribution is -0.140. The lowest BCUT2D eigenvalue weighted by Gasteiger charge is -2.33. The summed E-state index contributed by atoms with van der Waals surface area (Å²) < 4.78 is 11.4. The van der Waals surface area contributed by atoms with Crippen LogP contribution in [0, 0.1) is 0 Å². The average Bonchev–Trinajstić information content (AvgIpc) is 3.10. The summed E-state index contributed by atoms with van der Waals surface area (Å²) in [5, 5.41) is 5.95. The largest absolute Gasteiger partial charge is 0.437 e. The number of nitrogens with zero attached hydrogens (tertiary/aromatic N) is 3. The van der Waals surface area contributed by atoms with E-state index in [9.17, 15) is 9.59 Å². The molecule has 2 aromatic heterocycles. The molecule has 0 aromatic carbocycles. The van der Waals surface area contributed by atoms with Gasteiger partial charge >= 0.3 is 5.76 Å². The van der Waals surface area contributed by atoms with Gasteiger partial charge in [0.25, 0.3) is 5.89 Å². The zero-order chi connectivity index (χ0) is 14.8. The molecule has 8 heteroatoms. The maximum atomic E-state index is 12.3. The fourth-order valence-electron chi connectivity index (χ4n) is 2.22. The van der Waals surface area contributed by atoms with Gasteiger partial charge in [0.15, 0.2) is 0 Å². The van der Waals surface area contributed by atoms with Crippen LogP contribution in [0.1, 0.15) is 6.92 Å². The van der Waals surface area contributed by atoms with Gasteiger partial charge in [-0.1, -0.05) is 6.07 Å². The van der Waals surface area contributed by atoms with Crippen molar-refractivity contribution in [3.05, 3.63) is 28.1 Å². The molecule has 0 radical (unpaired) electrons. The molecule has 0 saturated carbocycles. The van der Waals surface area contributed by atoms with Crippen LogP contribution in [-0.4, -0.2) is 46.4 Å². The van der Waals surface area contributed by atoms with Gasteiger partial charge in [-0.05, 0) is 18.4 Å². The molecule has 1 unspecified atom stereocenters. The van der Waals surface area contributed by atoms with Gasteiger partial charge in [0, 0.05) is 6.54 Å². The Morgan fingerprint density at radius 3 is 3.14 bits per heavy atom. The van der Waals surface area contributed by atoms with Gasteiger partial charge in [-0.15, -0.1) is 16.4 Å². The molecule has 0 spiro atoms. The molecule has 112 valence electrons. The molecule has 0 aliphatic carbocycles. The Morgan fingerprint density at radius 1 is 1.57 bits per heavy atom. The standard InChI is InChI=1S/C13H15N3O4S/c1-9-8-19-5-4-15(9)11(17)7-16-13(18)20-12(14-16)10-3-2-6-21-10/h2-3,6,9H,4-5,7-8H2,1H3. The maximum absolute atomic E-state index is 12.3. The Balaban J connectivity index is 1.76. The zero-order valence-corrected chi connectivity index (χ0v) is 12.3. The van der Waals surface area contributed by atoms with Crippen LogP contribution in [0.5, 0.6) is 0 Å². The monoisotopic (exact) mass is 309 g/mol. The first-order valence-corrected chi connectivity index (χ1v) is 7.52. The Bertz CT molecular complexity index is 676. The van der Waals surface area contributed by atoms with E-state index in [2.05, 4.69) is 5.10 Å². The molecule has 2 aromatic rings. The normalized spacial score (nSPS) is 18.9. The topological polar surface area (TPSA) is 77.6 Å². The van der Waals surface area contributed by atoms with E-state index in [1.54, 1.807) is 4.90 Å². The van der Waals surface area contributed by atoms with Gasteiger partial charge in [-0.25, -0.2) is 4.79 Å². The van der Waals surface area contributed by atoms with Crippen molar-refractivity contribution in [1.82, 2.24) is 14.7 Å². The van der Waals surface area contributed by atoms with E-state index in [0.29, 0.717) is 19.8 Å². The molecule has 0 N–H and O–H groups in total. The van der Waals surface area contributed by atoms with Crippen LogP contribution in [0.25, 0.3) is 10.8 Å². The predicted octanol–water partition coefficient (Wildman–Crippen LogP) is 0.812. The summed E-state index contributed by atoms with van der Waals surface area (Å²) in [7, 11) is 0. The summed E-state index contributed by atoms with van der Waals surface area (Å²) in [5.41, 5.74) is 0. The SMILES string of the molecule is CC1COCCN1C(=O)Cn1nc(-c2cccs2)oc1=O. The number of amides is 1. The number of ether oxygens (including phenoxy) is 1. The summed E-state index contributed by atoms with van der Waals surface area (Å²) in [5.74, 6) is -0.524. The lowest BCUT2D eigenvalue weighted by atomic mass is 10.2. The van der Waals surface area contributed by atoms with Crippen LogP contribution in [0.2, 0.25) is 0 Å². The zero-order valence-electron chi connectivity index (χ0n) is 11.5. The summed E-state index contributed by atoms with van der Waals surface area (Å²) in [4.78, 5) is 26.5. The van der Waals surface area contributed by atoms with Crippen LogP contribution < -0.4 is 5.76 Å². The van der Waals surface area contributed by atoms with E-state index in [1.165, 1.54) is 11.3 Å². The van der Waals surface area contributed by atoms with Gasteiger partial charge in [-0.3, -0.25) is 4.79 Å². The van der Waals surface area contributed by atoms with Gasteiger partial charge in [0.2, 0.25) is 5.91 Å². The molecule has 7 nitrogen and oxygen atoms in total. The number of rotatable bonds is 3. The minimum atomic E-state index is -0.618. The highest BCUT2D eigenvalue weighted by molar-refractivity contribution is 7.13. The predicted molar refractivity (Wildman–Crippen MR) is 76.1 cm³/mol. The first-order chi connectivity index (χ1) is 10.1. The maximum Gasteiger partial charge on any atom is 0.437 e. The third kappa shape index (κ3) is 2.91. The number of carbonyl (C=O) groups excluding carboxylic acids is 1. The molecule has 1 aliphatic heterocycles. The Labute approximate surface area is 124 Å². The first-order valence-electron chi connectivity index (χ1n) is 6.64. The van der Waals surface area contributed by atoms with Crippen molar-refractivity contribution in [2.24, 2.45) is 0 Å². The van der Waals surface area contributed by atoms with Crippen LogP contribution in [0.4, 0.5) is 0 Å². The number of aromatic nitrogens is 2. The highest BCUT2D eigenvalue weighted by atomic mass is 32.1.